The maximum atomic E-state index is 13.5. The molecule has 0 aliphatic rings. The number of halogens is 4. The summed E-state index contributed by atoms with van der Waals surface area (Å²) in [5.41, 5.74) is -0.106. The molecular formula is C14H13F4N3. The van der Waals surface area contributed by atoms with E-state index < -0.39 is 17.6 Å². The minimum Gasteiger partial charge on any atom is -0.303 e. The molecule has 112 valence electrons. The van der Waals surface area contributed by atoms with Crippen molar-refractivity contribution in [1.82, 2.24) is 15.3 Å². The van der Waals surface area contributed by atoms with Crippen LogP contribution in [0.3, 0.4) is 0 Å². The number of alkyl halides is 3. The van der Waals surface area contributed by atoms with Crippen LogP contribution in [0.2, 0.25) is 0 Å². The molecule has 0 aliphatic carbocycles. The molecule has 0 aromatic carbocycles. The van der Waals surface area contributed by atoms with Crippen molar-refractivity contribution in [3.8, 4) is 0 Å². The van der Waals surface area contributed by atoms with Crippen molar-refractivity contribution in [3.63, 3.8) is 0 Å². The first-order valence-corrected chi connectivity index (χ1v) is 6.24. The predicted molar refractivity (Wildman–Crippen MR) is 68.7 cm³/mol. The fourth-order valence-corrected chi connectivity index (χ4v) is 1.77. The lowest BCUT2D eigenvalue weighted by Gasteiger charge is -2.14. The number of pyridine rings is 2. The van der Waals surface area contributed by atoms with Gasteiger partial charge in [-0.2, -0.15) is 13.2 Å². The van der Waals surface area contributed by atoms with Gasteiger partial charge in [-0.1, -0.05) is 0 Å². The van der Waals surface area contributed by atoms with Crippen molar-refractivity contribution >= 4 is 0 Å². The van der Waals surface area contributed by atoms with Crippen molar-refractivity contribution in [2.45, 2.75) is 25.7 Å². The molecule has 0 amide bonds. The minimum atomic E-state index is -4.40. The van der Waals surface area contributed by atoms with Gasteiger partial charge in [0.1, 0.15) is 5.82 Å². The molecule has 0 bridgehead atoms. The number of hydrogen-bond acceptors (Lipinski definition) is 3. The van der Waals surface area contributed by atoms with Gasteiger partial charge < -0.3 is 5.32 Å². The summed E-state index contributed by atoms with van der Waals surface area (Å²) < 4.78 is 50.7. The van der Waals surface area contributed by atoms with Crippen LogP contribution in [-0.4, -0.2) is 9.97 Å². The van der Waals surface area contributed by atoms with E-state index in [4.69, 9.17) is 0 Å². The van der Waals surface area contributed by atoms with Crippen LogP contribution in [0.4, 0.5) is 17.6 Å². The monoisotopic (exact) mass is 299 g/mol. The second-order valence-electron chi connectivity index (χ2n) is 4.51. The van der Waals surface area contributed by atoms with Gasteiger partial charge in [-0.25, -0.2) is 4.39 Å². The Bertz CT molecular complexity index is 596. The predicted octanol–water partition coefficient (Wildman–Crippen LogP) is 3.49. The molecule has 2 heterocycles. The third-order valence-corrected chi connectivity index (χ3v) is 2.94. The summed E-state index contributed by atoms with van der Waals surface area (Å²) in [5, 5.41) is 2.97. The van der Waals surface area contributed by atoms with E-state index in [1.165, 1.54) is 24.4 Å². The van der Waals surface area contributed by atoms with Crippen LogP contribution in [0.25, 0.3) is 0 Å². The Morgan fingerprint density at radius 1 is 1.19 bits per heavy atom. The van der Waals surface area contributed by atoms with E-state index in [0.29, 0.717) is 5.69 Å². The molecule has 7 heteroatoms. The largest absolute Gasteiger partial charge is 0.417 e. The molecule has 21 heavy (non-hydrogen) atoms. The number of nitrogens with one attached hydrogen (secondary N) is 1. The van der Waals surface area contributed by atoms with Crippen LogP contribution in [0, 0.1) is 5.82 Å². The van der Waals surface area contributed by atoms with E-state index in [0.717, 1.165) is 12.3 Å². The second kappa shape index (κ2) is 6.17. The average molecular weight is 299 g/mol. The average Bonchev–Trinajstić information content (AvgIpc) is 2.45. The van der Waals surface area contributed by atoms with Gasteiger partial charge in [0, 0.05) is 25.0 Å². The van der Waals surface area contributed by atoms with Gasteiger partial charge in [-0.15, -0.1) is 0 Å². The van der Waals surface area contributed by atoms with E-state index in [9.17, 15) is 17.6 Å². The maximum Gasteiger partial charge on any atom is 0.417 e. The Morgan fingerprint density at radius 3 is 2.52 bits per heavy atom. The molecule has 0 aliphatic heterocycles. The van der Waals surface area contributed by atoms with Crippen LogP contribution >= 0.6 is 0 Å². The smallest absolute Gasteiger partial charge is 0.303 e. The number of nitrogens with zero attached hydrogens (tertiary/aromatic N) is 2. The van der Waals surface area contributed by atoms with Crippen LogP contribution in [0.1, 0.15) is 29.9 Å². The molecule has 2 rings (SSSR count). The summed E-state index contributed by atoms with van der Waals surface area (Å²) >= 11 is 0. The number of aromatic nitrogens is 2. The van der Waals surface area contributed by atoms with Gasteiger partial charge in [-0.05, 0) is 31.2 Å². The van der Waals surface area contributed by atoms with Gasteiger partial charge >= 0.3 is 6.18 Å². The van der Waals surface area contributed by atoms with Gasteiger partial charge in [-0.3, -0.25) is 9.97 Å². The lowest BCUT2D eigenvalue weighted by molar-refractivity contribution is -0.137. The van der Waals surface area contributed by atoms with Crippen LogP contribution in [0.15, 0.2) is 36.7 Å². The zero-order valence-electron chi connectivity index (χ0n) is 11.2. The standard InChI is InChI=1S/C14H13F4N3/c1-9(13-12(15)3-2-6-19-13)20-8-11-5-4-10(7-21-11)14(16,17)18/h2-7,9,20H,8H2,1H3/t9-/m0/s1. The van der Waals surface area contributed by atoms with E-state index in [1.807, 2.05) is 0 Å². The van der Waals surface area contributed by atoms with Crippen molar-refractivity contribution in [3.05, 3.63) is 59.4 Å². The summed E-state index contributed by atoms with van der Waals surface area (Å²) in [6, 6.07) is 4.67. The first-order chi connectivity index (χ1) is 9.88. The maximum absolute atomic E-state index is 13.5. The van der Waals surface area contributed by atoms with Crippen molar-refractivity contribution in [1.29, 1.82) is 0 Å². The van der Waals surface area contributed by atoms with Gasteiger partial charge in [0.05, 0.1) is 17.0 Å². The fourth-order valence-electron chi connectivity index (χ4n) is 1.77. The molecule has 3 nitrogen and oxygen atoms in total. The zero-order chi connectivity index (χ0) is 15.5. The van der Waals surface area contributed by atoms with Crippen molar-refractivity contribution in [2.24, 2.45) is 0 Å². The Labute approximate surface area is 119 Å². The summed E-state index contributed by atoms with van der Waals surface area (Å²) in [6.07, 6.45) is -2.14. The van der Waals surface area contributed by atoms with Gasteiger partial charge in [0.2, 0.25) is 0 Å². The minimum absolute atomic E-state index is 0.218. The Kier molecular flexibility index (Phi) is 4.52. The molecule has 0 unspecified atom stereocenters. The summed E-state index contributed by atoms with van der Waals surface area (Å²) in [5.74, 6) is -0.433. The van der Waals surface area contributed by atoms with Gasteiger partial charge in [0.25, 0.3) is 0 Å². The lowest BCUT2D eigenvalue weighted by Crippen LogP contribution is -2.21. The highest BCUT2D eigenvalue weighted by molar-refractivity contribution is 5.17. The van der Waals surface area contributed by atoms with Gasteiger partial charge in [0.15, 0.2) is 0 Å². The third-order valence-electron chi connectivity index (χ3n) is 2.94. The normalized spacial score (nSPS) is 13.2. The molecule has 0 fully saturated rings. The van der Waals surface area contributed by atoms with E-state index in [2.05, 4.69) is 15.3 Å². The highest BCUT2D eigenvalue weighted by atomic mass is 19.4. The highest BCUT2D eigenvalue weighted by Crippen LogP contribution is 2.28. The quantitative estimate of drug-likeness (QED) is 0.878. The fraction of sp³-hybridized carbons (Fsp3) is 0.286. The van der Waals surface area contributed by atoms with E-state index >= 15 is 0 Å². The third kappa shape index (κ3) is 3.98. The Balaban J connectivity index is 1.99. The highest BCUT2D eigenvalue weighted by Gasteiger charge is 2.30. The Morgan fingerprint density at radius 2 is 1.95 bits per heavy atom. The SMILES string of the molecule is C[C@H](NCc1ccc(C(F)(F)F)cn1)c1ncccc1F. The molecular weight excluding hydrogens is 286 g/mol. The van der Waals surface area contributed by atoms with Crippen molar-refractivity contribution in [2.75, 3.05) is 0 Å². The van der Waals surface area contributed by atoms with Crippen molar-refractivity contribution < 1.29 is 17.6 Å². The molecule has 0 saturated heterocycles. The molecule has 0 radical (unpaired) electrons. The van der Waals surface area contributed by atoms with Crippen LogP contribution in [0.5, 0.6) is 0 Å². The molecule has 2 aromatic rings. The summed E-state index contributed by atoms with van der Waals surface area (Å²) in [7, 11) is 0. The zero-order valence-corrected chi connectivity index (χ0v) is 11.2. The van der Waals surface area contributed by atoms with E-state index in [-0.39, 0.29) is 18.3 Å². The molecule has 1 N–H and O–H groups in total. The molecule has 0 saturated carbocycles. The molecule has 1 atom stereocenters. The first-order valence-electron chi connectivity index (χ1n) is 6.24. The van der Waals surface area contributed by atoms with Crippen LogP contribution < -0.4 is 5.32 Å². The summed E-state index contributed by atoms with van der Waals surface area (Å²) in [6.45, 7) is 1.94. The topological polar surface area (TPSA) is 37.8 Å². The second-order valence-corrected chi connectivity index (χ2v) is 4.51. The summed E-state index contributed by atoms with van der Waals surface area (Å²) in [4.78, 5) is 7.67. The van der Waals surface area contributed by atoms with E-state index in [1.54, 1.807) is 6.92 Å². The first kappa shape index (κ1) is 15.4. The Hall–Kier alpha value is -2.02. The molecule has 2 aromatic heterocycles. The lowest BCUT2D eigenvalue weighted by atomic mass is 10.2. The molecule has 0 spiro atoms. The number of hydrogen-bond donors (Lipinski definition) is 1. The number of rotatable bonds is 4. The van der Waals surface area contributed by atoms with Crippen LogP contribution in [-0.2, 0) is 12.7 Å².